The lowest BCUT2D eigenvalue weighted by Gasteiger charge is -2.45. The quantitative estimate of drug-likeness (QED) is 0.814. The standard InChI is InChI=1S/C20H29N5O2/c1-2-25-18-7-6-16(14-17(18)22-23-25)19(26)21-15-20(8-4-3-5-9-20)24-10-12-27-13-11-24/h6-7,14H,2-5,8-13,15H2,1H3,(H,21,26)/p+1. The number of hydrogen-bond donors (Lipinski definition) is 2. The van der Waals surface area contributed by atoms with E-state index in [2.05, 4.69) is 15.6 Å². The van der Waals surface area contributed by atoms with Gasteiger partial charge in [0.25, 0.3) is 5.91 Å². The van der Waals surface area contributed by atoms with E-state index in [-0.39, 0.29) is 11.4 Å². The number of carbonyl (C=O) groups excluding carboxylic acids is 1. The van der Waals surface area contributed by atoms with Crippen LogP contribution in [0.15, 0.2) is 18.2 Å². The fourth-order valence-corrected chi connectivity index (χ4v) is 4.73. The summed E-state index contributed by atoms with van der Waals surface area (Å²) in [6, 6.07) is 5.67. The molecule has 1 saturated carbocycles. The van der Waals surface area contributed by atoms with Crippen LogP contribution in [0.2, 0.25) is 0 Å². The maximum Gasteiger partial charge on any atom is 0.251 e. The minimum atomic E-state index is -0.0134. The predicted octanol–water partition coefficient (Wildman–Crippen LogP) is 0.799. The Bertz CT molecular complexity index is 791. The summed E-state index contributed by atoms with van der Waals surface area (Å²) < 4.78 is 7.40. The maximum atomic E-state index is 12.8. The van der Waals surface area contributed by atoms with E-state index in [1.807, 2.05) is 29.8 Å². The monoisotopic (exact) mass is 372 g/mol. The Hall–Kier alpha value is -1.99. The molecule has 2 aromatic rings. The van der Waals surface area contributed by atoms with Gasteiger partial charge in [0.05, 0.1) is 25.3 Å². The van der Waals surface area contributed by atoms with Crippen LogP contribution in [-0.2, 0) is 11.3 Å². The molecule has 0 radical (unpaired) electrons. The second-order valence-corrected chi connectivity index (χ2v) is 7.85. The largest absolute Gasteiger partial charge is 0.370 e. The van der Waals surface area contributed by atoms with Crippen LogP contribution in [0.4, 0.5) is 0 Å². The van der Waals surface area contributed by atoms with Crippen molar-refractivity contribution in [3.05, 3.63) is 23.8 Å². The van der Waals surface area contributed by atoms with E-state index < -0.39 is 0 Å². The normalized spacial score (nSPS) is 20.6. The fourth-order valence-electron chi connectivity index (χ4n) is 4.73. The van der Waals surface area contributed by atoms with E-state index in [9.17, 15) is 4.79 Å². The molecule has 0 unspecified atom stereocenters. The molecule has 27 heavy (non-hydrogen) atoms. The number of nitrogens with zero attached hydrogens (tertiary/aromatic N) is 3. The Balaban J connectivity index is 1.47. The highest BCUT2D eigenvalue weighted by atomic mass is 16.5. The predicted molar refractivity (Wildman–Crippen MR) is 103 cm³/mol. The first-order valence-corrected chi connectivity index (χ1v) is 10.3. The summed E-state index contributed by atoms with van der Waals surface area (Å²) in [6.45, 7) is 7.29. The molecule has 7 nitrogen and oxygen atoms in total. The van der Waals surface area contributed by atoms with Crippen LogP contribution < -0.4 is 10.2 Å². The molecule has 1 aliphatic heterocycles. The highest BCUT2D eigenvalue weighted by Gasteiger charge is 2.42. The molecule has 2 heterocycles. The van der Waals surface area contributed by atoms with Gasteiger partial charge < -0.3 is 15.0 Å². The summed E-state index contributed by atoms with van der Waals surface area (Å²) in [6.07, 6.45) is 6.20. The zero-order chi connectivity index (χ0) is 18.7. The van der Waals surface area contributed by atoms with Crippen molar-refractivity contribution in [3.8, 4) is 0 Å². The number of amides is 1. The first-order chi connectivity index (χ1) is 13.2. The van der Waals surface area contributed by atoms with Crippen LogP contribution in [0.5, 0.6) is 0 Å². The molecule has 1 aromatic carbocycles. The minimum absolute atomic E-state index is 0.0134. The van der Waals surface area contributed by atoms with Gasteiger partial charge >= 0.3 is 0 Å². The number of aryl methyl sites for hydroxylation is 1. The van der Waals surface area contributed by atoms with Gasteiger partial charge in [0.2, 0.25) is 0 Å². The summed E-state index contributed by atoms with van der Waals surface area (Å²) in [5, 5.41) is 11.5. The molecule has 146 valence electrons. The molecule has 0 spiro atoms. The van der Waals surface area contributed by atoms with Gasteiger partial charge in [0, 0.05) is 24.9 Å². The van der Waals surface area contributed by atoms with Gasteiger partial charge in [-0.1, -0.05) is 11.6 Å². The van der Waals surface area contributed by atoms with Gasteiger partial charge in [-0.15, -0.1) is 5.10 Å². The molecule has 1 aliphatic carbocycles. The zero-order valence-corrected chi connectivity index (χ0v) is 16.2. The molecule has 1 aromatic heterocycles. The van der Waals surface area contributed by atoms with Crippen molar-refractivity contribution >= 4 is 16.9 Å². The average molecular weight is 372 g/mol. The summed E-state index contributed by atoms with van der Waals surface area (Å²) in [5.41, 5.74) is 2.56. The number of benzene rings is 1. The number of morpholine rings is 1. The van der Waals surface area contributed by atoms with Gasteiger partial charge in [0.15, 0.2) is 0 Å². The van der Waals surface area contributed by atoms with Gasteiger partial charge in [-0.2, -0.15) is 0 Å². The van der Waals surface area contributed by atoms with Crippen LogP contribution in [0.3, 0.4) is 0 Å². The van der Waals surface area contributed by atoms with Crippen LogP contribution in [0, 0.1) is 0 Å². The van der Waals surface area contributed by atoms with Gasteiger partial charge in [-0.05, 0) is 38.0 Å². The van der Waals surface area contributed by atoms with Gasteiger partial charge in [0.1, 0.15) is 24.1 Å². The van der Waals surface area contributed by atoms with E-state index in [1.165, 1.54) is 32.1 Å². The van der Waals surface area contributed by atoms with Crippen molar-refractivity contribution in [3.63, 3.8) is 0 Å². The first kappa shape index (κ1) is 18.4. The number of fused-ring (bicyclic) bond motifs is 1. The van der Waals surface area contributed by atoms with Crippen molar-refractivity contribution in [2.45, 2.75) is 51.1 Å². The van der Waals surface area contributed by atoms with E-state index in [4.69, 9.17) is 4.74 Å². The fraction of sp³-hybridized carbons (Fsp3) is 0.650. The van der Waals surface area contributed by atoms with Crippen molar-refractivity contribution in [1.82, 2.24) is 20.3 Å². The highest BCUT2D eigenvalue weighted by Crippen LogP contribution is 2.25. The third-order valence-electron chi connectivity index (χ3n) is 6.32. The lowest BCUT2D eigenvalue weighted by Crippen LogP contribution is -3.23. The summed E-state index contributed by atoms with van der Waals surface area (Å²) in [5.74, 6) is -0.0134. The van der Waals surface area contributed by atoms with Gasteiger partial charge in [-0.3, -0.25) is 4.79 Å². The molecule has 4 rings (SSSR count). The highest BCUT2D eigenvalue weighted by molar-refractivity contribution is 5.97. The number of rotatable bonds is 5. The molecule has 1 saturated heterocycles. The van der Waals surface area contributed by atoms with E-state index in [1.54, 1.807) is 4.90 Å². The molecular formula is C20H30N5O2+. The van der Waals surface area contributed by atoms with Crippen LogP contribution in [0.1, 0.15) is 49.4 Å². The molecule has 2 aliphatic rings. The Morgan fingerprint density at radius 2 is 2.04 bits per heavy atom. The number of quaternary nitrogens is 1. The molecular weight excluding hydrogens is 342 g/mol. The minimum Gasteiger partial charge on any atom is -0.370 e. The second-order valence-electron chi connectivity index (χ2n) is 7.85. The summed E-state index contributed by atoms with van der Waals surface area (Å²) in [7, 11) is 0. The Morgan fingerprint density at radius 3 is 2.78 bits per heavy atom. The Labute approximate surface area is 160 Å². The number of ether oxygens (including phenoxy) is 1. The van der Waals surface area contributed by atoms with Gasteiger partial charge in [-0.25, -0.2) is 4.68 Å². The zero-order valence-electron chi connectivity index (χ0n) is 16.2. The number of hydrogen-bond acceptors (Lipinski definition) is 4. The topological polar surface area (TPSA) is 73.5 Å². The summed E-state index contributed by atoms with van der Waals surface area (Å²) in [4.78, 5) is 14.4. The van der Waals surface area contributed by atoms with E-state index >= 15 is 0 Å². The third kappa shape index (κ3) is 3.71. The van der Waals surface area contributed by atoms with Crippen LogP contribution in [-0.4, -0.2) is 59.3 Å². The van der Waals surface area contributed by atoms with Crippen molar-refractivity contribution in [1.29, 1.82) is 0 Å². The van der Waals surface area contributed by atoms with Crippen LogP contribution >= 0.6 is 0 Å². The van der Waals surface area contributed by atoms with Crippen molar-refractivity contribution in [2.24, 2.45) is 0 Å². The number of nitrogens with one attached hydrogen (secondary N) is 2. The molecule has 2 fully saturated rings. The third-order valence-corrected chi connectivity index (χ3v) is 6.32. The molecule has 0 atom stereocenters. The van der Waals surface area contributed by atoms with E-state index in [0.717, 1.165) is 50.4 Å². The second kappa shape index (κ2) is 7.94. The SMILES string of the molecule is CCn1nnc2cc(C(=O)NCC3([NH+]4CCOCC4)CCCCC3)ccc21. The average Bonchev–Trinajstić information content (AvgIpc) is 3.15. The Morgan fingerprint density at radius 1 is 1.26 bits per heavy atom. The van der Waals surface area contributed by atoms with E-state index in [0.29, 0.717) is 5.56 Å². The van der Waals surface area contributed by atoms with Crippen LogP contribution in [0.25, 0.3) is 11.0 Å². The van der Waals surface area contributed by atoms with Crippen molar-refractivity contribution < 1.29 is 14.4 Å². The number of aromatic nitrogens is 3. The smallest absolute Gasteiger partial charge is 0.251 e. The Kier molecular flexibility index (Phi) is 5.41. The lowest BCUT2D eigenvalue weighted by atomic mass is 9.79. The molecule has 0 bridgehead atoms. The summed E-state index contributed by atoms with van der Waals surface area (Å²) >= 11 is 0. The maximum absolute atomic E-state index is 12.8. The first-order valence-electron chi connectivity index (χ1n) is 10.3. The van der Waals surface area contributed by atoms with Crippen molar-refractivity contribution in [2.75, 3.05) is 32.8 Å². The molecule has 1 amide bonds. The molecule has 2 N–H and O–H groups in total. The molecule has 7 heteroatoms. The number of carbonyl (C=O) groups is 1. The lowest BCUT2D eigenvalue weighted by molar-refractivity contribution is -0.960.